The third-order valence-corrected chi connectivity index (χ3v) is 4.31. The highest BCUT2D eigenvalue weighted by Crippen LogP contribution is 2.25. The number of nitrogens with zero attached hydrogens (tertiary/aromatic N) is 1. The number of benzene rings is 2. The molecule has 0 radical (unpaired) electrons. The molecule has 0 saturated heterocycles. The van der Waals surface area contributed by atoms with Crippen LogP contribution in [-0.2, 0) is 4.79 Å². The van der Waals surface area contributed by atoms with Crippen molar-refractivity contribution in [3.63, 3.8) is 0 Å². The van der Waals surface area contributed by atoms with E-state index in [-0.39, 0.29) is 30.7 Å². The van der Waals surface area contributed by atoms with Gasteiger partial charge >= 0.3 is 0 Å². The first-order valence-electron chi connectivity index (χ1n) is 8.99. The van der Waals surface area contributed by atoms with Crippen LogP contribution in [0.2, 0.25) is 0 Å². The molecule has 0 bridgehead atoms. The van der Waals surface area contributed by atoms with Crippen molar-refractivity contribution in [3.05, 3.63) is 59.2 Å². The molecule has 0 aliphatic carbocycles. The van der Waals surface area contributed by atoms with Crippen LogP contribution in [-0.4, -0.2) is 35.8 Å². The van der Waals surface area contributed by atoms with Gasteiger partial charge in [-0.1, -0.05) is 30.7 Å². The van der Waals surface area contributed by atoms with E-state index in [0.717, 1.165) is 16.9 Å². The predicted molar refractivity (Wildman–Crippen MR) is 102 cm³/mol. The average molecular weight is 366 g/mol. The molecule has 1 N–H and O–H groups in total. The third kappa shape index (κ3) is 4.00. The lowest BCUT2D eigenvalue weighted by Crippen LogP contribution is -2.32. The predicted octanol–water partition coefficient (Wildman–Crippen LogP) is 3.41. The normalized spacial score (nSPS) is 12.9. The number of fused-ring (bicyclic) bond motifs is 1. The Kier molecular flexibility index (Phi) is 5.54. The summed E-state index contributed by atoms with van der Waals surface area (Å²) < 4.78 is 5.62. The molecule has 0 fully saturated rings. The van der Waals surface area contributed by atoms with Gasteiger partial charge in [0.1, 0.15) is 5.75 Å². The van der Waals surface area contributed by atoms with Gasteiger partial charge in [-0.3, -0.25) is 19.3 Å². The van der Waals surface area contributed by atoms with Crippen LogP contribution in [0.5, 0.6) is 5.75 Å². The Hall–Kier alpha value is -3.15. The molecule has 6 heteroatoms. The zero-order chi connectivity index (χ0) is 19.4. The summed E-state index contributed by atoms with van der Waals surface area (Å²) in [5, 5.41) is 2.79. The number of amides is 3. The van der Waals surface area contributed by atoms with Gasteiger partial charge in [0.15, 0.2) is 0 Å². The Bertz CT molecular complexity index is 892. The van der Waals surface area contributed by atoms with Crippen molar-refractivity contribution in [1.29, 1.82) is 0 Å². The summed E-state index contributed by atoms with van der Waals surface area (Å²) in [4.78, 5) is 38.3. The minimum atomic E-state index is -0.352. The van der Waals surface area contributed by atoms with Crippen molar-refractivity contribution in [2.75, 3.05) is 18.5 Å². The van der Waals surface area contributed by atoms with Crippen molar-refractivity contribution in [1.82, 2.24) is 4.90 Å². The van der Waals surface area contributed by atoms with Crippen LogP contribution in [0.3, 0.4) is 0 Å². The van der Waals surface area contributed by atoms with E-state index >= 15 is 0 Å². The first-order valence-corrected chi connectivity index (χ1v) is 8.99. The molecular formula is C21H22N2O4. The second kappa shape index (κ2) is 8.03. The van der Waals surface area contributed by atoms with Crippen molar-refractivity contribution < 1.29 is 19.1 Å². The molecule has 140 valence electrons. The molecule has 6 nitrogen and oxygen atoms in total. The number of imide groups is 1. The number of nitrogens with one attached hydrogen (secondary N) is 1. The van der Waals surface area contributed by atoms with Gasteiger partial charge in [-0.05, 0) is 37.6 Å². The van der Waals surface area contributed by atoms with Gasteiger partial charge in [0.05, 0.1) is 23.4 Å². The minimum absolute atomic E-state index is 0.0204. The molecule has 2 aromatic rings. The third-order valence-electron chi connectivity index (χ3n) is 4.31. The number of aryl methyl sites for hydroxylation is 1. The smallest absolute Gasteiger partial charge is 0.261 e. The quantitative estimate of drug-likeness (QED) is 0.762. The average Bonchev–Trinajstić information content (AvgIpc) is 2.89. The maximum atomic E-state index is 12.5. The molecule has 0 aromatic heterocycles. The molecular weight excluding hydrogens is 344 g/mol. The van der Waals surface area contributed by atoms with Gasteiger partial charge < -0.3 is 10.1 Å². The summed E-state index contributed by atoms with van der Waals surface area (Å²) in [5.74, 6) is -0.383. The number of ether oxygens (including phenoxy) is 1. The fourth-order valence-electron chi connectivity index (χ4n) is 2.94. The number of rotatable bonds is 7. The lowest BCUT2D eigenvalue weighted by Gasteiger charge is -2.15. The van der Waals surface area contributed by atoms with Crippen LogP contribution in [0.25, 0.3) is 0 Å². The lowest BCUT2D eigenvalue weighted by molar-refractivity contribution is -0.116. The second-order valence-electron chi connectivity index (χ2n) is 6.45. The van der Waals surface area contributed by atoms with Crippen molar-refractivity contribution in [2.45, 2.75) is 26.7 Å². The van der Waals surface area contributed by atoms with E-state index in [2.05, 4.69) is 5.32 Å². The number of para-hydroxylation sites is 2. The highest BCUT2D eigenvalue weighted by Gasteiger charge is 2.35. The van der Waals surface area contributed by atoms with E-state index in [1.165, 1.54) is 0 Å². The molecule has 27 heavy (non-hydrogen) atoms. The lowest BCUT2D eigenvalue weighted by atomic mass is 10.1. The Morgan fingerprint density at radius 2 is 1.81 bits per heavy atom. The van der Waals surface area contributed by atoms with E-state index in [0.29, 0.717) is 29.2 Å². The van der Waals surface area contributed by atoms with E-state index in [1.54, 1.807) is 36.4 Å². The number of hydrogen-bond donors (Lipinski definition) is 1. The summed E-state index contributed by atoms with van der Waals surface area (Å²) in [6, 6.07) is 12.4. The Balaban J connectivity index is 1.62. The van der Waals surface area contributed by atoms with Gasteiger partial charge in [0.25, 0.3) is 11.8 Å². The Morgan fingerprint density at radius 1 is 1.07 bits per heavy atom. The monoisotopic (exact) mass is 366 g/mol. The molecule has 3 amide bonds. The molecule has 0 saturated carbocycles. The minimum Gasteiger partial charge on any atom is -0.491 e. The molecule has 2 aromatic carbocycles. The van der Waals surface area contributed by atoms with Crippen molar-refractivity contribution >= 4 is 23.4 Å². The van der Waals surface area contributed by atoms with Crippen molar-refractivity contribution in [2.24, 2.45) is 0 Å². The molecule has 0 unspecified atom stereocenters. The molecule has 1 aliphatic rings. The second-order valence-corrected chi connectivity index (χ2v) is 6.45. The maximum absolute atomic E-state index is 12.5. The van der Waals surface area contributed by atoms with E-state index < -0.39 is 0 Å². The Morgan fingerprint density at radius 3 is 2.59 bits per heavy atom. The Labute approximate surface area is 158 Å². The van der Waals surface area contributed by atoms with E-state index in [9.17, 15) is 14.4 Å². The summed E-state index contributed by atoms with van der Waals surface area (Å²) in [5.41, 5.74) is 2.29. The summed E-state index contributed by atoms with van der Waals surface area (Å²) in [6.07, 6.45) is 0.883. The zero-order valence-corrected chi connectivity index (χ0v) is 15.5. The van der Waals surface area contributed by atoms with Crippen molar-refractivity contribution in [3.8, 4) is 5.75 Å². The molecule has 1 aliphatic heterocycles. The first-order chi connectivity index (χ1) is 13.0. The molecule has 0 atom stereocenters. The zero-order valence-electron chi connectivity index (χ0n) is 15.5. The van der Waals surface area contributed by atoms with Gasteiger partial charge in [0.2, 0.25) is 5.91 Å². The maximum Gasteiger partial charge on any atom is 0.261 e. The van der Waals surface area contributed by atoms with Gasteiger partial charge in [-0.2, -0.15) is 0 Å². The van der Waals surface area contributed by atoms with Gasteiger partial charge in [-0.25, -0.2) is 0 Å². The number of carbonyl (C=O) groups excluding carboxylic acids is 3. The SMILES string of the molecule is CCCOc1ccccc1NC(=O)CCN1C(=O)c2ccc(C)cc2C1=O. The van der Waals surface area contributed by atoms with Gasteiger partial charge in [-0.15, -0.1) is 0 Å². The van der Waals surface area contributed by atoms with Crippen LogP contribution < -0.4 is 10.1 Å². The molecule has 0 spiro atoms. The van der Waals surface area contributed by atoms with Crippen LogP contribution >= 0.6 is 0 Å². The fraction of sp³-hybridized carbons (Fsp3) is 0.286. The fourth-order valence-corrected chi connectivity index (χ4v) is 2.94. The summed E-state index contributed by atoms with van der Waals surface area (Å²) in [7, 11) is 0. The van der Waals surface area contributed by atoms with Crippen LogP contribution in [0, 0.1) is 6.92 Å². The number of hydrogen-bond acceptors (Lipinski definition) is 4. The summed E-state index contributed by atoms with van der Waals surface area (Å²) in [6.45, 7) is 4.47. The van der Waals surface area contributed by atoms with Crippen LogP contribution in [0.4, 0.5) is 5.69 Å². The summed E-state index contributed by atoms with van der Waals surface area (Å²) >= 11 is 0. The highest BCUT2D eigenvalue weighted by atomic mass is 16.5. The largest absolute Gasteiger partial charge is 0.491 e. The number of carbonyl (C=O) groups is 3. The first kappa shape index (κ1) is 18.6. The van der Waals surface area contributed by atoms with Crippen LogP contribution in [0.15, 0.2) is 42.5 Å². The highest BCUT2D eigenvalue weighted by molar-refractivity contribution is 6.21. The van der Waals surface area contributed by atoms with Gasteiger partial charge in [0, 0.05) is 13.0 Å². The van der Waals surface area contributed by atoms with E-state index in [4.69, 9.17) is 4.74 Å². The topological polar surface area (TPSA) is 75.7 Å². The number of anilines is 1. The molecule has 3 rings (SSSR count). The van der Waals surface area contributed by atoms with Crippen LogP contribution in [0.1, 0.15) is 46.0 Å². The molecule has 1 heterocycles. The van der Waals surface area contributed by atoms with E-state index in [1.807, 2.05) is 19.9 Å². The standard InChI is InChI=1S/C21H22N2O4/c1-3-12-27-18-7-5-4-6-17(18)22-19(24)10-11-23-20(25)15-9-8-14(2)13-16(15)21(23)26/h4-9,13H,3,10-12H2,1-2H3,(H,22,24).